The number of rotatable bonds is 2. The molecule has 0 aromatic rings. The lowest BCUT2D eigenvalue weighted by Gasteiger charge is -2.14. The van der Waals surface area contributed by atoms with Gasteiger partial charge in [-0.2, -0.15) is 0 Å². The Balaban J connectivity index is 1.87. The summed E-state index contributed by atoms with van der Waals surface area (Å²) in [5.41, 5.74) is 0.758. The van der Waals surface area contributed by atoms with Gasteiger partial charge in [0, 0.05) is 0 Å². The van der Waals surface area contributed by atoms with Gasteiger partial charge in [-0.15, -0.1) is 0 Å². The first-order valence-corrected chi connectivity index (χ1v) is 5.60. The minimum absolute atomic E-state index is 0.758. The molecule has 2 rings (SSSR count). The van der Waals surface area contributed by atoms with Gasteiger partial charge in [0.15, 0.2) is 0 Å². The van der Waals surface area contributed by atoms with Crippen molar-refractivity contribution in [1.29, 1.82) is 0 Å². The van der Waals surface area contributed by atoms with E-state index in [9.17, 15) is 0 Å². The second-order valence-electron chi connectivity index (χ2n) is 4.98. The first-order valence-electron chi connectivity index (χ1n) is 5.60. The Morgan fingerprint density at radius 1 is 1.38 bits per heavy atom. The quantitative estimate of drug-likeness (QED) is 0.693. The molecule has 0 aromatic heterocycles. The molecule has 0 bridgehead atoms. The fourth-order valence-corrected chi connectivity index (χ4v) is 2.93. The summed E-state index contributed by atoms with van der Waals surface area (Å²) >= 11 is 0. The minimum atomic E-state index is 0.758. The van der Waals surface area contributed by atoms with Crippen molar-refractivity contribution in [3.05, 3.63) is 0 Å². The predicted octanol–water partition coefficient (Wildman–Crippen LogP) is 1.33. The molecule has 0 amide bonds. The second kappa shape index (κ2) is 3.58. The number of hydrogen-bond acceptors (Lipinski definition) is 2. The molecule has 1 aliphatic heterocycles. The molecule has 1 aliphatic carbocycles. The molecule has 76 valence electrons. The van der Waals surface area contributed by atoms with Crippen LogP contribution in [-0.4, -0.2) is 38.6 Å². The fourth-order valence-electron chi connectivity index (χ4n) is 2.93. The van der Waals surface area contributed by atoms with Gasteiger partial charge in [-0.3, -0.25) is 0 Å². The molecule has 2 unspecified atom stereocenters. The van der Waals surface area contributed by atoms with Crippen molar-refractivity contribution < 1.29 is 0 Å². The predicted molar refractivity (Wildman–Crippen MR) is 55.8 cm³/mol. The van der Waals surface area contributed by atoms with E-state index < -0.39 is 0 Å². The average molecular weight is 182 g/mol. The third-order valence-corrected chi connectivity index (χ3v) is 4.02. The first kappa shape index (κ1) is 9.47. The summed E-state index contributed by atoms with van der Waals surface area (Å²) in [5.74, 6) is 0.990. The van der Waals surface area contributed by atoms with E-state index >= 15 is 0 Å². The van der Waals surface area contributed by atoms with Gasteiger partial charge in [0.2, 0.25) is 0 Å². The smallest absolute Gasteiger partial charge is 0.00164 e. The van der Waals surface area contributed by atoms with E-state index in [0.29, 0.717) is 0 Å². The summed E-state index contributed by atoms with van der Waals surface area (Å²) in [6, 6.07) is 0. The van der Waals surface area contributed by atoms with Gasteiger partial charge in [-0.05, 0) is 70.7 Å². The van der Waals surface area contributed by atoms with Crippen molar-refractivity contribution in [3.63, 3.8) is 0 Å². The Bertz CT molecular complexity index is 181. The highest BCUT2D eigenvalue weighted by molar-refractivity contribution is 5.03. The summed E-state index contributed by atoms with van der Waals surface area (Å²) in [5, 5.41) is 3.32. The zero-order valence-corrected chi connectivity index (χ0v) is 8.97. The summed E-state index contributed by atoms with van der Waals surface area (Å²) in [6.45, 7) is 3.87. The van der Waals surface area contributed by atoms with E-state index in [1.54, 1.807) is 0 Å². The number of likely N-dealkylation sites (tertiary alicyclic amines) is 1. The molecule has 1 spiro atoms. The lowest BCUT2D eigenvalue weighted by atomic mass is 9.94. The number of hydrogen-bond donors (Lipinski definition) is 1. The van der Waals surface area contributed by atoms with Crippen LogP contribution in [0.4, 0.5) is 0 Å². The molecular weight excluding hydrogens is 160 g/mol. The Labute approximate surface area is 81.7 Å². The van der Waals surface area contributed by atoms with Crippen molar-refractivity contribution in [2.45, 2.75) is 25.7 Å². The first-order chi connectivity index (χ1) is 6.27. The zero-order chi connectivity index (χ0) is 9.31. The Morgan fingerprint density at radius 2 is 2.23 bits per heavy atom. The molecule has 13 heavy (non-hydrogen) atoms. The summed E-state index contributed by atoms with van der Waals surface area (Å²) < 4.78 is 0. The van der Waals surface area contributed by atoms with Crippen LogP contribution in [0.3, 0.4) is 0 Å². The van der Waals surface area contributed by atoms with Gasteiger partial charge in [0.25, 0.3) is 0 Å². The molecule has 1 saturated heterocycles. The normalized spacial score (nSPS) is 40.6. The molecular formula is C11H22N2. The van der Waals surface area contributed by atoms with Crippen LogP contribution in [0.15, 0.2) is 0 Å². The number of nitrogens with one attached hydrogen (secondary N) is 1. The van der Waals surface area contributed by atoms with Crippen molar-refractivity contribution in [1.82, 2.24) is 10.2 Å². The molecule has 2 aliphatic rings. The SMILES string of the molecule is CNCC1CC12CCCN(C)CC2. The van der Waals surface area contributed by atoms with E-state index in [1.807, 2.05) is 0 Å². The van der Waals surface area contributed by atoms with Crippen LogP contribution in [0, 0.1) is 11.3 Å². The maximum atomic E-state index is 3.32. The zero-order valence-electron chi connectivity index (χ0n) is 8.97. The van der Waals surface area contributed by atoms with E-state index in [1.165, 1.54) is 45.3 Å². The van der Waals surface area contributed by atoms with Crippen molar-refractivity contribution in [2.24, 2.45) is 11.3 Å². The van der Waals surface area contributed by atoms with Crippen LogP contribution in [0.1, 0.15) is 25.7 Å². The Hall–Kier alpha value is -0.0800. The molecule has 2 heteroatoms. The molecule has 0 radical (unpaired) electrons. The van der Waals surface area contributed by atoms with Gasteiger partial charge in [-0.1, -0.05) is 0 Å². The van der Waals surface area contributed by atoms with Crippen molar-refractivity contribution in [2.75, 3.05) is 33.7 Å². The van der Waals surface area contributed by atoms with Gasteiger partial charge in [0.1, 0.15) is 0 Å². The van der Waals surface area contributed by atoms with E-state index in [2.05, 4.69) is 24.3 Å². The van der Waals surface area contributed by atoms with Crippen LogP contribution in [0.2, 0.25) is 0 Å². The molecule has 1 saturated carbocycles. The highest BCUT2D eigenvalue weighted by atomic mass is 15.1. The topological polar surface area (TPSA) is 15.3 Å². The van der Waals surface area contributed by atoms with Gasteiger partial charge in [-0.25, -0.2) is 0 Å². The maximum Gasteiger partial charge on any atom is -0.00164 e. The van der Waals surface area contributed by atoms with E-state index in [0.717, 1.165) is 11.3 Å². The Morgan fingerprint density at radius 3 is 3.00 bits per heavy atom. The monoisotopic (exact) mass is 182 g/mol. The summed E-state index contributed by atoms with van der Waals surface area (Å²) in [7, 11) is 4.34. The lowest BCUT2D eigenvalue weighted by Crippen LogP contribution is -2.20. The molecule has 0 aromatic carbocycles. The van der Waals surface area contributed by atoms with Crippen LogP contribution in [0.5, 0.6) is 0 Å². The van der Waals surface area contributed by atoms with Crippen molar-refractivity contribution in [3.8, 4) is 0 Å². The fraction of sp³-hybridized carbons (Fsp3) is 1.00. The van der Waals surface area contributed by atoms with Gasteiger partial charge in [0.05, 0.1) is 0 Å². The third kappa shape index (κ3) is 1.89. The maximum absolute atomic E-state index is 3.32. The molecule has 1 N–H and O–H groups in total. The molecule has 2 nitrogen and oxygen atoms in total. The summed E-state index contributed by atoms with van der Waals surface area (Å²) in [6.07, 6.45) is 5.82. The summed E-state index contributed by atoms with van der Waals surface area (Å²) in [4.78, 5) is 2.49. The molecule has 2 fully saturated rings. The van der Waals surface area contributed by atoms with Crippen molar-refractivity contribution >= 4 is 0 Å². The van der Waals surface area contributed by atoms with E-state index in [4.69, 9.17) is 0 Å². The highest BCUT2D eigenvalue weighted by Crippen LogP contribution is 2.58. The van der Waals surface area contributed by atoms with Crippen LogP contribution in [0.25, 0.3) is 0 Å². The third-order valence-electron chi connectivity index (χ3n) is 4.02. The van der Waals surface area contributed by atoms with Crippen LogP contribution in [-0.2, 0) is 0 Å². The molecule has 1 heterocycles. The van der Waals surface area contributed by atoms with E-state index in [-0.39, 0.29) is 0 Å². The minimum Gasteiger partial charge on any atom is -0.319 e. The van der Waals surface area contributed by atoms with Crippen LogP contribution >= 0.6 is 0 Å². The van der Waals surface area contributed by atoms with Gasteiger partial charge < -0.3 is 10.2 Å². The van der Waals surface area contributed by atoms with Gasteiger partial charge >= 0.3 is 0 Å². The lowest BCUT2D eigenvalue weighted by molar-refractivity contribution is 0.331. The average Bonchev–Trinajstić information content (AvgIpc) is 2.80. The Kier molecular flexibility index (Phi) is 2.61. The largest absolute Gasteiger partial charge is 0.319 e. The molecule has 2 atom stereocenters. The highest BCUT2D eigenvalue weighted by Gasteiger charge is 2.52. The van der Waals surface area contributed by atoms with Crippen LogP contribution < -0.4 is 5.32 Å². The number of nitrogens with zero attached hydrogens (tertiary/aromatic N) is 1. The second-order valence-corrected chi connectivity index (χ2v) is 4.98. The standard InChI is InChI=1S/C11H22N2/c1-12-9-10-8-11(10)4-3-6-13(2)7-5-11/h10,12H,3-9H2,1-2H3.